The van der Waals surface area contributed by atoms with E-state index in [9.17, 15) is 14.4 Å². The first-order valence-electron chi connectivity index (χ1n) is 15.5. The number of nitrogens with one attached hydrogen (secondary N) is 2. The number of carbonyl (C=O) groups is 3. The molecule has 0 atom stereocenters. The SMILES string of the molecule is [CH2-]c1ccccc1-c1[n-]c2cc(C(=O)NC3(C(=O)Nc4ccc(/C=C/C(=O)O)cc4)CCCC3)ccc2c1C1CCCCC1.[CH3-].[W+2].[Y]. The number of aliphatic carboxylic acids is 1. The maximum absolute atomic E-state index is 13.7. The molecule has 0 saturated heterocycles. The number of carboxylic acids is 1. The molecule has 2 aliphatic rings. The molecule has 0 aliphatic heterocycles. The van der Waals surface area contributed by atoms with Crippen LogP contribution >= 0.6 is 0 Å². The van der Waals surface area contributed by atoms with Gasteiger partial charge in [0, 0.05) is 50.0 Å². The molecule has 3 N–H and O–H groups in total. The zero-order chi connectivity index (χ0) is 30.7. The number of hydrogen-bond acceptors (Lipinski definition) is 3. The average Bonchev–Trinajstić information content (AvgIpc) is 3.66. The summed E-state index contributed by atoms with van der Waals surface area (Å²) in [5.41, 5.74) is 5.74. The number of nitrogens with zero attached hydrogens (tertiary/aromatic N) is 1. The van der Waals surface area contributed by atoms with E-state index in [1.54, 1.807) is 24.3 Å². The average molecular weight is 876 g/mol. The van der Waals surface area contributed by atoms with Crippen LogP contribution in [-0.2, 0) is 63.4 Å². The van der Waals surface area contributed by atoms with Gasteiger partial charge in [-0.05, 0) is 66.8 Å². The van der Waals surface area contributed by atoms with Gasteiger partial charge in [-0.25, -0.2) is 4.79 Å². The molecule has 7 nitrogen and oxygen atoms in total. The van der Waals surface area contributed by atoms with E-state index in [0.717, 1.165) is 59.5 Å². The number of rotatable bonds is 8. The maximum atomic E-state index is 13.7. The molecular weight excluding hydrogens is 835 g/mol. The zero-order valence-electron chi connectivity index (χ0n) is 26.8. The molecule has 0 bridgehead atoms. The predicted molar refractivity (Wildman–Crippen MR) is 180 cm³/mol. The summed E-state index contributed by atoms with van der Waals surface area (Å²) in [6.07, 6.45) is 11.3. The monoisotopic (exact) mass is 875 g/mol. The van der Waals surface area contributed by atoms with E-state index in [1.807, 2.05) is 36.4 Å². The van der Waals surface area contributed by atoms with Crippen LogP contribution in [0.3, 0.4) is 0 Å². The fourth-order valence-corrected chi connectivity index (χ4v) is 6.84. The second-order valence-electron chi connectivity index (χ2n) is 12.1. The van der Waals surface area contributed by atoms with Crippen LogP contribution in [0.25, 0.3) is 28.2 Å². The number of fused-ring (bicyclic) bond motifs is 1. The Hall–Kier alpha value is -2.99. The molecule has 9 heteroatoms. The summed E-state index contributed by atoms with van der Waals surface area (Å²) in [7, 11) is 0. The molecule has 1 heterocycles. The first-order valence-corrected chi connectivity index (χ1v) is 15.5. The maximum Gasteiger partial charge on any atom is 2.00 e. The fourth-order valence-electron chi connectivity index (χ4n) is 6.84. The Balaban J connectivity index is 0.00000200. The Morgan fingerprint density at radius 1 is 0.915 bits per heavy atom. The van der Waals surface area contributed by atoms with Gasteiger partial charge in [0.25, 0.3) is 5.91 Å². The van der Waals surface area contributed by atoms with Crippen molar-refractivity contribution in [3.8, 4) is 11.3 Å². The summed E-state index contributed by atoms with van der Waals surface area (Å²) < 4.78 is 0. The molecule has 2 amide bonds. The minimum absolute atomic E-state index is 0. The fraction of sp³-hybridized carbons (Fsp3) is 0.289. The molecule has 241 valence electrons. The Labute approximate surface area is 316 Å². The molecule has 2 saturated carbocycles. The summed E-state index contributed by atoms with van der Waals surface area (Å²) in [5, 5.41) is 16.0. The minimum atomic E-state index is -1.02. The van der Waals surface area contributed by atoms with E-state index >= 15 is 0 Å². The van der Waals surface area contributed by atoms with Crippen LogP contribution in [0.5, 0.6) is 0 Å². The van der Waals surface area contributed by atoms with Gasteiger partial charge in [0.15, 0.2) is 0 Å². The van der Waals surface area contributed by atoms with E-state index < -0.39 is 11.5 Å². The summed E-state index contributed by atoms with van der Waals surface area (Å²) >= 11 is 0. The van der Waals surface area contributed by atoms with Gasteiger partial charge < -0.3 is 28.2 Å². The van der Waals surface area contributed by atoms with Crippen LogP contribution in [0, 0.1) is 14.4 Å². The largest absolute Gasteiger partial charge is 2.00 e. The molecule has 6 rings (SSSR count). The number of amides is 2. The van der Waals surface area contributed by atoms with E-state index in [0.29, 0.717) is 35.6 Å². The van der Waals surface area contributed by atoms with E-state index in [2.05, 4.69) is 23.6 Å². The summed E-state index contributed by atoms with van der Waals surface area (Å²) in [4.78, 5) is 43.2. The van der Waals surface area contributed by atoms with Crippen LogP contribution < -0.4 is 15.6 Å². The Morgan fingerprint density at radius 2 is 1.60 bits per heavy atom. The first-order chi connectivity index (χ1) is 21.3. The quantitative estimate of drug-likeness (QED) is 0.123. The van der Waals surface area contributed by atoms with Crippen LogP contribution in [0.15, 0.2) is 72.8 Å². The molecule has 47 heavy (non-hydrogen) atoms. The van der Waals surface area contributed by atoms with Crippen molar-refractivity contribution in [1.82, 2.24) is 10.3 Å². The predicted octanol–water partition coefficient (Wildman–Crippen LogP) is 7.92. The number of benzene rings is 3. The van der Waals surface area contributed by atoms with Crippen molar-refractivity contribution < 1.29 is 73.3 Å². The van der Waals surface area contributed by atoms with Gasteiger partial charge >= 0.3 is 27.0 Å². The minimum Gasteiger partial charge on any atom is -0.667 e. The zero-order valence-corrected chi connectivity index (χ0v) is 32.5. The van der Waals surface area contributed by atoms with Crippen molar-refractivity contribution in [2.24, 2.45) is 0 Å². The number of carbonyl (C=O) groups excluding carboxylic acids is 2. The van der Waals surface area contributed by atoms with Crippen LogP contribution in [0.2, 0.25) is 0 Å². The topological polar surface area (TPSA) is 110 Å². The number of anilines is 1. The van der Waals surface area contributed by atoms with Crippen molar-refractivity contribution >= 4 is 40.4 Å². The van der Waals surface area contributed by atoms with Crippen molar-refractivity contribution in [3.05, 3.63) is 109 Å². The Morgan fingerprint density at radius 3 is 2.26 bits per heavy atom. The number of hydrogen-bond donors (Lipinski definition) is 3. The van der Waals surface area contributed by atoms with Gasteiger partial charge in [-0.1, -0.05) is 68.0 Å². The molecule has 2 fully saturated rings. The summed E-state index contributed by atoms with van der Waals surface area (Å²) in [5.74, 6) is -1.14. The third kappa shape index (κ3) is 8.55. The van der Waals surface area contributed by atoms with Crippen molar-refractivity contribution in [3.63, 3.8) is 0 Å². The second kappa shape index (κ2) is 16.9. The normalized spacial score (nSPS) is 15.7. The summed E-state index contributed by atoms with van der Waals surface area (Å²) in [6, 6.07) is 20.8. The number of aromatic nitrogens is 1. The molecule has 1 radical (unpaired) electrons. The molecule has 4 aromatic rings. The summed E-state index contributed by atoms with van der Waals surface area (Å²) in [6.45, 7) is 4.26. The molecule has 1 aromatic heterocycles. The van der Waals surface area contributed by atoms with Crippen LogP contribution in [0.1, 0.15) is 90.8 Å². The Bertz CT molecular complexity index is 1740. The smallest absolute Gasteiger partial charge is 0.667 e. The van der Waals surface area contributed by atoms with E-state index in [-0.39, 0.29) is 73.0 Å². The first kappa shape index (κ1) is 38.5. The van der Waals surface area contributed by atoms with Gasteiger partial charge in [-0.15, -0.1) is 23.2 Å². The van der Waals surface area contributed by atoms with Crippen molar-refractivity contribution in [1.29, 1.82) is 0 Å². The van der Waals surface area contributed by atoms with Gasteiger partial charge in [0.1, 0.15) is 5.54 Å². The van der Waals surface area contributed by atoms with E-state index in [1.165, 1.54) is 30.9 Å². The molecule has 0 unspecified atom stereocenters. The Kier molecular flexibility index (Phi) is 13.8. The van der Waals surface area contributed by atoms with Gasteiger partial charge in [-0.3, -0.25) is 9.59 Å². The molecule has 0 spiro atoms. The number of carboxylic acid groups (broad SMARTS) is 1. The van der Waals surface area contributed by atoms with Crippen molar-refractivity contribution in [2.75, 3.05) is 5.32 Å². The van der Waals surface area contributed by atoms with Gasteiger partial charge in [0.05, 0.1) is 0 Å². The van der Waals surface area contributed by atoms with Crippen molar-refractivity contribution in [2.45, 2.75) is 69.2 Å². The van der Waals surface area contributed by atoms with Crippen LogP contribution in [-0.4, -0.2) is 28.4 Å². The molecule has 2 aliphatic carbocycles. The molecule has 3 aromatic carbocycles. The second-order valence-corrected chi connectivity index (χ2v) is 12.1. The van der Waals surface area contributed by atoms with Gasteiger partial charge in [-0.2, -0.15) is 24.2 Å². The standard InChI is InChI=1S/C37H38N3O4.CH3.W.Y/c1-24-9-5-6-12-29(24)34-33(26-10-3-2-4-11-26)30-19-16-27(23-31(30)39-34)35(43)40-37(21-7-8-22-37)36(44)38-28-17-13-25(14-18-28)15-20-32(41)42;;;/h5-6,9,12-20,23,26H,1-4,7-8,10-11,21-22H2,(H4,38,39,40,41,42,43,44);1H3;;/q2*-1;+2;/p-1/b20-15+;;;. The van der Waals surface area contributed by atoms with Gasteiger partial charge in [0.2, 0.25) is 5.91 Å². The molecular formula is C38H40N3O4WY-. The third-order valence-electron chi connectivity index (χ3n) is 9.15. The third-order valence-corrected chi connectivity index (χ3v) is 9.15. The van der Waals surface area contributed by atoms with E-state index in [4.69, 9.17) is 10.1 Å². The van der Waals surface area contributed by atoms with Crippen LogP contribution in [0.4, 0.5) is 5.69 Å².